The summed E-state index contributed by atoms with van der Waals surface area (Å²) in [7, 11) is 0. The minimum absolute atomic E-state index is 0.00776. The van der Waals surface area contributed by atoms with Crippen molar-refractivity contribution in [3.8, 4) is 11.3 Å². The van der Waals surface area contributed by atoms with Crippen molar-refractivity contribution < 1.29 is 26.3 Å². The first-order chi connectivity index (χ1) is 14.9. The molecule has 3 aromatic rings. The zero-order valence-corrected chi connectivity index (χ0v) is 17.4. The number of halogens is 6. The number of nitrogen functional groups attached to an aromatic ring is 1. The van der Waals surface area contributed by atoms with E-state index in [0.29, 0.717) is 18.0 Å². The molecular weight excluding hydrogens is 462 g/mol. The van der Waals surface area contributed by atoms with Crippen molar-refractivity contribution in [2.45, 2.75) is 32.5 Å². The Balaban J connectivity index is 2.09. The van der Waals surface area contributed by atoms with Gasteiger partial charge in [0.1, 0.15) is 17.0 Å². The van der Waals surface area contributed by atoms with Crippen molar-refractivity contribution in [3.05, 3.63) is 40.1 Å². The van der Waals surface area contributed by atoms with Gasteiger partial charge in [-0.15, -0.1) is 0 Å². The zero-order valence-electron chi connectivity index (χ0n) is 16.6. The third kappa shape index (κ3) is 4.74. The highest BCUT2D eigenvalue weighted by molar-refractivity contribution is 8.00. The van der Waals surface area contributed by atoms with Crippen LogP contribution in [-0.2, 0) is 0 Å². The van der Waals surface area contributed by atoms with Crippen LogP contribution in [0.25, 0.3) is 22.4 Å². The molecule has 7 nitrogen and oxygen atoms in total. The molecule has 0 aliphatic carbocycles. The van der Waals surface area contributed by atoms with Crippen LogP contribution in [0.1, 0.15) is 26.3 Å². The van der Waals surface area contributed by atoms with E-state index in [4.69, 9.17) is 5.73 Å². The Kier molecular flexibility index (Phi) is 6.53. The zero-order chi connectivity index (χ0) is 23.8. The Morgan fingerprint density at radius 1 is 1.19 bits per heavy atom. The average molecular weight is 478 g/mol. The quantitative estimate of drug-likeness (QED) is 0.234. The maximum Gasteiger partial charge on any atom is 0.389 e. The number of nitrogens with two attached hydrogens (primary N) is 1. The molecule has 0 atom stereocenters. The van der Waals surface area contributed by atoms with E-state index < -0.39 is 64.3 Å². The van der Waals surface area contributed by atoms with Crippen LogP contribution in [0.15, 0.2) is 17.1 Å². The molecule has 0 spiro atoms. The third-order valence-electron chi connectivity index (χ3n) is 4.23. The predicted molar refractivity (Wildman–Crippen MR) is 108 cm³/mol. The topological polar surface area (TPSA) is 98.7 Å². The van der Waals surface area contributed by atoms with Crippen LogP contribution in [0.4, 0.5) is 38.0 Å². The number of hydrogen-bond donors (Lipinski definition) is 2. The highest BCUT2D eigenvalue weighted by Crippen LogP contribution is 2.32. The number of fused-ring (bicyclic) bond motifs is 1. The SMILES string of the molecule is CC(C)n1c(=O)c(-c2c(F)cc(NSCCC(F)(F)F)c(F)c2F)nc2cnc(N)nc21. The van der Waals surface area contributed by atoms with Gasteiger partial charge in [0.15, 0.2) is 17.3 Å². The molecule has 14 heteroatoms. The van der Waals surface area contributed by atoms with Crippen molar-refractivity contribution in [2.24, 2.45) is 0 Å². The molecule has 0 unspecified atom stereocenters. The standard InChI is InChI=1S/C18H16F6N6OS/c1-7(2)30-15-10(6-26-17(25)28-15)27-14(16(30)31)11-8(19)5-9(12(20)13(11)21)29-32-4-3-18(22,23)24/h5-7,29H,3-4H2,1-2H3,(H2,25,26,28). The average Bonchev–Trinajstić information content (AvgIpc) is 2.68. The lowest BCUT2D eigenvalue weighted by Gasteiger charge is -2.16. The van der Waals surface area contributed by atoms with Gasteiger partial charge >= 0.3 is 6.18 Å². The normalized spacial score (nSPS) is 12.0. The third-order valence-corrected chi connectivity index (χ3v) is 5.00. The maximum atomic E-state index is 14.8. The maximum absolute atomic E-state index is 14.8. The van der Waals surface area contributed by atoms with E-state index in [1.54, 1.807) is 13.8 Å². The minimum atomic E-state index is -4.43. The van der Waals surface area contributed by atoms with Crippen molar-refractivity contribution >= 4 is 34.7 Å². The van der Waals surface area contributed by atoms with Gasteiger partial charge < -0.3 is 10.5 Å². The monoisotopic (exact) mass is 478 g/mol. The van der Waals surface area contributed by atoms with E-state index in [1.807, 2.05) is 0 Å². The number of rotatable bonds is 6. The van der Waals surface area contributed by atoms with Crippen LogP contribution >= 0.6 is 11.9 Å². The van der Waals surface area contributed by atoms with Crippen LogP contribution in [0, 0.1) is 17.5 Å². The van der Waals surface area contributed by atoms with Crippen molar-refractivity contribution in [2.75, 3.05) is 16.2 Å². The fraction of sp³-hybridized carbons (Fsp3) is 0.333. The lowest BCUT2D eigenvalue weighted by atomic mass is 10.1. The molecule has 0 saturated carbocycles. The molecule has 3 N–H and O–H groups in total. The van der Waals surface area contributed by atoms with Gasteiger partial charge in [0.05, 0.1) is 23.9 Å². The molecule has 0 saturated heterocycles. The van der Waals surface area contributed by atoms with Gasteiger partial charge in [0.2, 0.25) is 5.95 Å². The van der Waals surface area contributed by atoms with Crippen molar-refractivity contribution in [3.63, 3.8) is 0 Å². The second-order valence-corrected chi connectivity index (χ2v) is 7.79. The lowest BCUT2D eigenvalue weighted by Crippen LogP contribution is -2.27. The number of nitrogens with zero attached hydrogens (tertiary/aromatic N) is 4. The molecule has 3 rings (SSSR count). The Morgan fingerprint density at radius 3 is 2.50 bits per heavy atom. The molecule has 172 valence electrons. The molecule has 0 bridgehead atoms. The van der Waals surface area contributed by atoms with E-state index in [9.17, 15) is 31.1 Å². The molecule has 2 heterocycles. The highest BCUT2D eigenvalue weighted by atomic mass is 32.2. The summed E-state index contributed by atoms with van der Waals surface area (Å²) in [5, 5.41) is 0. The van der Waals surface area contributed by atoms with Gasteiger partial charge in [-0.05, 0) is 13.8 Å². The van der Waals surface area contributed by atoms with E-state index in [-0.39, 0.29) is 17.1 Å². The van der Waals surface area contributed by atoms with Crippen LogP contribution in [0.5, 0.6) is 0 Å². The lowest BCUT2D eigenvalue weighted by molar-refractivity contribution is -0.129. The second-order valence-electron chi connectivity index (χ2n) is 6.89. The van der Waals surface area contributed by atoms with E-state index >= 15 is 0 Å². The molecule has 0 aliphatic rings. The Morgan fingerprint density at radius 2 is 1.88 bits per heavy atom. The Hall–Kier alpha value is -3.03. The van der Waals surface area contributed by atoms with E-state index in [1.165, 1.54) is 0 Å². The van der Waals surface area contributed by atoms with Crippen molar-refractivity contribution in [1.29, 1.82) is 0 Å². The Bertz CT molecular complexity index is 1230. The van der Waals surface area contributed by atoms with Gasteiger partial charge in [-0.1, -0.05) is 11.9 Å². The van der Waals surface area contributed by atoms with Gasteiger partial charge in [-0.2, -0.15) is 18.2 Å². The summed E-state index contributed by atoms with van der Waals surface area (Å²) in [4.78, 5) is 24.6. The summed E-state index contributed by atoms with van der Waals surface area (Å²) in [6.45, 7) is 3.23. The van der Waals surface area contributed by atoms with Crippen LogP contribution in [-0.4, -0.2) is 31.4 Å². The molecule has 1 aromatic carbocycles. The Labute approximate surface area is 181 Å². The summed E-state index contributed by atoms with van der Waals surface area (Å²) in [5.41, 5.74) is 2.17. The number of nitrogens with one attached hydrogen (secondary N) is 1. The molecule has 32 heavy (non-hydrogen) atoms. The molecule has 0 radical (unpaired) electrons. The second kappa shape index (κ2) is 8.84. The van der Waals surface area contributed by atoms with Crippen LogP contribution in [0.3, 0.4) is 0 Å². The fourth-order valence-corrected chi connectivity index (χ4v) is 3.58. The van der Waals surface area contributed by atoms with Crippen LogP contribution in [0.2, 0.25) is 0 Å². The summed E-state index contributed by atoms with van der Waals surface area (Å²) in [5.74, 6) is -5.30. The first kappa shape index (κ1) is 23.6. The summed E-state index contributed by atoms with van der Waals surface area (Å²) in [6.07, 6.45) is -4.46. The minimum Gasteiger partial charge on any atom is -0.368 e. The van der Waals surface area contributed by atoms with Gasteiger partial charge in [0, 0.05) is 17.9 Å². The van der Waals surface area contributed by atoms with Gasteiger partial charge in [-0.25, -0.2) is 23.1 Å². The van der Waals surface area contributed by atoms with Gasteiger partial charge in [-0.3, -0.25) is 9.36 Å². The van der Waals surface area contributed by atoms with Gasteiger partial charge in [0.25, 0.3) is 5.56 Å². The summed E-state index contributed by atoms with van der Waals surface area (Å²) >= 11 is 0.426. The number of hydrogen-bond acceptors (Lipinski definition) is 7. The van der Waals surface area contributed by atoms with Crippen molar-refractivity contribution in [1.82, 2.24) is 19.5 Å². The highest BCUT2D eigenvalue weighted by Gasteiger charge is 2.28. The van der Waals surface area contributed by atoms with E-state index in [0.717, 1.165) is 10.8 Å². The first-order valence-corrected chi connectivity index (χ1v) is 10.1. The predicted octanol–water partition coefficient (Wildman–Crippen LogP) is 4.45. The van der Waals surface area contributed by atoms with Crippen LogP contribution < -0.4 is 16.0 Å². The number of aromatic nitrogens is 4. The number of benzene rings is 1. The molecule has 0 aliphatic heterocycles. The molecule has 0 fully saturated rings. The smallest absolute Gasteiger partial charge is 0.368 e. The summed E-state index contributed by atoms with van der Waals surface area (Å²) in [6, 6.07) is 0.0155. The molecule has 2 aromatic heterocycles. The first-order valence-electron chi connectivity index (χ1n) is 9.08. The fourth-order valence-electron chi connectivity index (χ4n) is 2.84. The number of alkyl halides is 3. The summed E-state index contributed by atoms with van der Waals surface area (Å²) < 4.78 is 83.9. The molecule has 0 amide bonds. The number of anilines is 2. The largest absolute Gasteiger partial charge is 0.389 e. The molecular formula is C18H16F6N6OS. The van der Waals surface area contributed by atoms with E-state index in [2.05, 4.69) is 19.7 Å².